The molecule has 0 saturated carbocycles. The van der Waals surface area contributed by atoms with Gasteiger partial charge in [0.1, 0.15) is 0 Å². The molecule has 0 bridgehead atoms. The van der Waals surface area contributed by atoms with Crippen molar-refractivity contribution in [2.45, 2.75) is 25.6 Å². The Kier molecular flexibility index (Phi) is 4.22. The molecule has 0 aliphatic carbocycles. The normalized spacial score (nSPS) is 15.1. The summed E-state index contributed by atoms with van der Waals surface area (Å²) in [5, 5.41) is 2.78. The van der Waals surface area contributed by atoms with Crippen LogP contribution in [-0.2, 0) is 12.6 Å². The van der Waals surface area contributed by atoms with Gasteiger partial charge in [0.2, 0.25) is 0 Å². The highest BCUT2D eigenvalue weighted by Crippen LogP contribution is 2.31. The number of hydrogen-bond acceptors (Lipinski definition) is 1. The topological polar surface area (TPSA) is 32.3 Å². The van der Waals surface area contributed by atoms with Crippen molar-refractivity contribution in [1.29, 1.82) is 0 Å². The van der Waals surface area contributed by atoms with Gasteiger partial charge in [0, 0.05) is 12.2 Å². The standard InChI is InChI=1S/C18H17F3N2O/c1-12(14-6-4-7-15(11-14)18(19,20)21)22-17(24)23-10-9-13-5-2-3-8-16(13)23/h2-8,11-12H,9-10H2,1H3,(H,22,24). The molecule has 0 aromatic heterocycles. The Hall–Kier alpha value is -2.50. The zero-order chi connectivity index (χ0) is 17.3. The number of alkyl halides is 3. The first-order valence-corrected chi connectivity index (χ1v) is 7.69. The smallest absolute Gasteiger partial charge is 0.331 e. The van der Waals surface area contributed by atoms with E-state index >= 15 is 0 Å². The molecule has 0 fully saturated rings. The summed E-state index contributed by atoms with van der Waals surface area (Å²) >= 11 is 0. The summed E-state index contributed by atoms with van der Waals surface area (Å²) in [5.74, 6) is 0. The van der Waals surface area contributed by atoms with Crippen molar-refractivity contribution in [2.75, 3.05) is 11.4 Å². The molecule has 24 heavy (non-hydrogen) atoms. The number of anilines is 1. The Morgan fingerprint density at radius 2 is 1.92 bits per heavy atom. The lowest BCUT2D eigenvalue weighted by Gasteiger charge is -2.22. The van der Waals surface area contributed by atoms with E-state index in [0.717, 1.165) is 29.8 Å². The molecular formula is C18H17F3N2O. The molecule has 1 atom stereocenters. The van der Waals surface area contributed by atoms with Crippen LogP contribution in [0.5, 0.6) is 0 Å². The van der Waals surface area contributed by atoms with Crippen LogP contribution in [0.15, 0.2) is 48.5 Å². The molecular weight excluding hydrogens is 317 g/mol. The minimum absolute atomic E-state index is 0.301. The van der Waals surface area contributed by atoms with Gasteiger partial charge in [-0.15, -0.1) is 0 Å². The SMILES string of the molecule is CC(NC(=O)N1CCc2ccccc21)c1cccc(C(F)(F)F)c1. The second-order valence-electron chi connectivity index (χ2n) is 5.82. The van der Waals surface area contributed by atoms with E-state index in [-0.39, 0.29) is 6.03 Å². The monoisotopic (exact) mass is 334 g/mol. The van der Waals surface area contributed by atoms with Crippen molar-refractivity contribution in [2.24, 2.45) is 0 Å². The molecule has 3 nitrogen and oxygen atoms in total. The lowest BCUT2D eigenvalue weighted by atomic mass is 10.1. The molecule has 1 aliphatic heterocycles. The van der Waals surface area contributed by atoms with Gasteiger partial charge in [-0.2, -0.15) is 13.2 Å². The molecule has 1 N–H and O–H groups in total. The second kappa shape index (κ2) is 6.19. The number of rotatable bonds is 2. The maximum absolute atomic E-state index is 12.8. The van der Waals surface area contributed by atoms with E-state index in [9.17, 15) is 18.0 Å². The molecule has 6 heteroatoms. The molecule has 2 aromatic carbocycles. The number of halogens is 3. The summed E-state index contributed by atoms with van der Waals surface area (Å²) in [6.45, 7) is 2.25. The first-order chi connectivity index (χ1) is 11.4. The van der Waals surface area contributed by atoms with Gasteiger partial charge in [0.15, 0.2) is 0 Å². The number of carbonyl (C=O) groups excluding carboxylic acids is 1. The van der Waals surface area contributed by atoms with Gasteiger partial charge in [-0.3, -0.25) is 4.90 Å². The minimum Gasteiger partial charge on any atom is -0.331 e. The third-order valence-corrected chi connectivity index (χ3v) is 4.19. The minimum atomic E-state index is -4.40. The number of fused-ring (bicyclic) bond motifs is 1. The van der Waals surface area contributed by atoms with Gasteiger partial charge in [0.25, 0.3) is 0 Å². The lowest BCUT2D eigenvalue weighted by Crippen LogP contribution is -2.40. The van der Waals surface area contributed by atoms with Gasteiger partial charge < -0.3 is 5.32 Å². The molecule has 2 amide bonds. The van der Waals surface area contributed by atoms with Crippen LogP contribution < -0.4 is 10.2 Å². The summed E-state index contributed by atoms with van der Waals surface area (Å²) in [4.78, 5) is 14.1. The zero-order valence-electron chi connectivity index (χ0n) is 13.1. The predicted molar refractivity (Wildman–Crippen MR) is 85.9 cm³/mol. The fourth-order valence-electron chi connectivity index (χ4n) is 2.88. The number of nitrogens with one attached hydrogen (secondary N) is 1. The van der Waals surface area contributed by atoms with Crippen molar-refractivity contribution in [3.8, 4) is 0 Å². The van der Waals surface area contributed by atoms with Gasteiger partial charge in [-0.05, 0) is 42.7 Å². The van der Waals surface area contributed by atoms with Crippen LogP contribution in [-0.4, -0.2) is 12.6 Å². The van der Waals surface area contributed by atoms with Gasteiger partial charge in [-0.25, -0.2) is 4.79 Å². The van der Waals surface area contributed by atoms with Gasteiger partial charge in [0.05, 0.1) is 11.6 Å². The number of hydrogen-bond donors (Lipinski definition) is 1. The van der Waals surface area contributed by atoms with Crippen LogP contribution in [0.2, 0.25) is 0 Å². The van der Waals surface area contributed by atoms with E-state index in [4.69, 9.17) is 0 Å². The Labute approximate surface area is 138 Å². The highest BCUT2D eigenvalue weighted by Gasteiger charge is 2.31. The van der Waals surface area contributed by atoms with Crippen molar-refractivity contribution >= 4 is 11.7 Å². The van der Waals surface area contributed by atoms with Gasteiger partial charge >= 0.3 is 12.2 Å². The van der Waals surface area contributed by atoms with E-state index in [1.54, 1.807) is 17.9 Å². The fourth-order valence-corrected chi connectivity index (χ4v) is 2.88. The first kappa shape index (κ1) is 16.4. The highest BCUT2D eigenvalue weighted by atomic mass is 19.4. The molecule has 1 aliphatic rings. The Bertz CT molecular complexity index is 758. The molecule has 3 rings (SSSR count). The average Bonchev–Trinajstić information content (AvgIpc) is 2.98. The Morgan fingerprint density at radius 3 is 2.67 bits per heavy atom. The molecule has 1 heterocycles. The number of carbonyl (C=O) groups is 1. The summed E-state index contributed by atoms with van der Waals surface area (Å²) in [6, 6.07) is 11.8. The van der Waals surface area contributed by atoms with E-state index in [0.29, 0.717) is 12.1 Å². The maximum Gasteiger partial charge on any atom is 0.416 e. The first-order valence-electron chi connectivity index (χ1n) is 7.69. The van der Waals surface area contributed by atoms with Crippen LogP contribution in [0.4, 0.5) is 23.7 Å². The van der Waals surface area contributed by atoms with E-state index in [1.807, 2.05) is 24.3 Å². The average molecular weight is 334 g/mol. The predicted octanol–water partition coefficient (Wildman–Crippen LogP) is 4.54. The Morgan fingerprint density at radius 1 is 1.17 bits per heavy atom. The van der Waals surface area contributed by atoms with Crippen molar-refractivity contribution in [3.05, 3.63) is 65.2 Å². The Balaban J connectivity index is 1.74. The van der Waals surface area contributed by atoms with Crippen LogP contribution >= 0.6 is 0 Å². The molecule has 126 valence electrons. The van der Waals surface area contributed by atoms with Crippen LogP contribution in [0, 0.1) is 0 Å². The van der Waals surface area contributed by atoms with Gasteiger partial charge in [-0.1, -0.05) is 30.3 Å². The number of benzene rings is 2. The molecule has 0 radical (unpaired) electrons. The summed E-state index contributed by atoms with van der Waals surface area (Å²) in [7, 11) is 0. The number of amides is 2. The summed E-state index contributed by atoms with van der Waals surface area (Å²) in [6.07, 6.45) is -3.62. The summed E-state index contributed by atoms with van der Waals surface area (Å²) < 4.78 is 38.4. The fraction of sp³-hybridized carbons (Fsp3) is 0.278. The highest BCUT2D eigenvalue weighted by molar-refractivity contribution is 5.94. The number of urea groups is 1. The summed E-state index contributed by atoms with van der Waals surface area (Å²) in [5.41, 5.74) is 1.66. The van der Waals surface area contributed by atoms with Crippen molar-refractivity contribution in [1.82, 2.24) is 5.32 Å². The third-order valence-electron chi connectivity index (χ3n) is 4.19. The number of nitrogens with zero attached hydrogens (tertiary/aromatic N) is 1. The molecule has 0 saturated heterocycles. The molecule has 2 aromatic rings. The quantitative estimate of drug-likeness (QED) is 0.859. The number of para-hydroxylation sites is 1. The van der Waals surface area contributed by atoms with E-state index in [2.05, 4.69) is 5.32 Å². The maximum atomic E-state index is 12.8. The third kappa shape index (κ3) is 3.22. The lowest BCUT2D eigenvalue weighted by molar-refractivity contribution is -0.137. The second-order valence-corrected chi connectivity index (χ2v) is 5.82. The molecule has 0 spiro atoms. The van der Waals surface area contributed by atoms with Crippen LogP contribution in [0.1, 0.15) is 29.7 Å². The molecule has 1 unspecified atom stereocenters. The van der Waals surface area contributed by atoms with E-state index in [1.165, 1.54) is 6.07 Å². The van der Waals surface area contributed by atoms with Crippen molar-refractivity contribution in [3.63, 3.8) is 0 Å². The largest absolute Gasteiger partial charge is 0.416 e. The van der Waals surface area contributed by atoms with E-state index < -0.39 is 17.8 Å². The zero-order valence-corrected chi connectivity index (χ0v) is 13.1. The van der Waals surface area contributed by atoms with Crippen LogP contribution in [0.3, 0.4) is 0 Å². The van der Waals surface area contributed by atoms with Crippen molar-refractivity contribution < 1.29 is 18.0 Å². The van der Waals surface area contributed by atoms with Crippen LogP contribution in [0.25, 0.3) is 0 Å².